The molecule has 8 heteroatoms. The van der Waals surface area contributed by atoms with Crippen molar-refractivity contribution in [1.29, 1.82) is 0 Å². The highest BCUT2D eigenvalue weighted by Crippen LogP contribution is 2.21. The summed E-state index contributed by atoms with van der Waals surface area (Å²) in [5.41, 5.74) is -0.834. The minimum Gasteiger partial charge on any atom is -0.480 e. The van der Waals surface area contributed by atoms with Crippen LogP contribution in [0.3, 0.4) is 0 Å². The molecule has 1 unspecified atom stereocenters. The van der Waals surface area contributed by atoms with Crippen LogP contribution in [0, 0.1) is 11.2 Å². The number of rotatable bonds is 4. The fraction of sp³-hybridized carbons (Fsp3) is 0.455. The van der Waals surface area contributed by atoms with Gasteiger partial charge in [0.25, 0.3) is 0 Å². The quantitative estimate of drug-likeness (QED) is 0.862. The van der Waals surface area contributed by atoms with Gasteiger partial charge in [-0.3, -0.25) is 9.78 Å². The van der Waals surface area contributed by atoms with Crippen molar-refractivity contribution in [2.45, 2.75) is 31.7 Å². The highest BCUT2D eigenvalue weighted by Gasteiger charge is 2.35. The Labute approximate surface area is 110 Å². The Morgan fingerprint density at radius 3 is 2.42 bits per heavy atom. The molecule has 1 aromatic rings. The first-order valence-corrected chi connectivity index (χ1v) is 6.88. The molecule has 0 amide bonds. The van der Waals surface area contributed by atoms with E-state index in [0.29, 0.717) is 0 Å². The van der Waals surface area contributed by atoms with Gasteiger partial charge in [-0.1, -0.05) is 20.8 Å². The second kappa shape index (κ2) is 5.22. The zero-order chi connectivity index (χ0) is 14.8. The van der Waals surface area contributed by atoms with Crippen molar-refractivity contribution in [3.05, 3.63) is 24.3 Å². The van der Waals surface area contributed by atoms with E-state index in [0.717, 1.165) is 18.5 Å². The minimum absolute atomic E-state index is 0.414. The van der Waals surface area contributed by atoms with Crippen molar-refractivity contribution >= 4 is 16.0 Å². The van der Waals surface area contributed by atoms with Crippen LogP contribution in [0.25, 0.3) is 0 Å². The molecule has 1 heterocycles. The van der Waals surface area contributed by atoms with Gasteiger partial charge in [0.15, 0.2) is 0 Å². The second-order valence-corrected chi connectivity index (χ2v) is 6.81. The first kappa shape index (κ1) is 15.5. The molecule has 0 saturated heterocycles. The van der Waals surface area contributed by atoms with Crippen molar-refractivity contribution in [3.8, 4) is 0 Å². The van der Waals surface area contributed by atoms with E-state index in [1.165, 1.54) is 0 Å². The predicted molar refractivity (Wildman–Crippen MR) is 65.4 cm³/mol. The van der Waals surface area contributed by atoms with Gasteiger partial charge in [0.05, 0.1) is 6.20 Å². The number of carbonyl (C=O) groups is 1. The van der Waals surface area contributed by atoms with Crippen LogP contribution in [0.2, 0.25) is 0 Å². The Kier molecular flexibility index (Phi) is 4.26. The van der Waals surface area contributed by atoms with Crippen LogP contribution in [0.15, 0.2) is 23.4 Å². The lowest BCUT2D eigenvalue weighted by atomic mass is 9.88. The van der Waals surface area contributed by atoms with E-state index in [-0.39, 0.29) is 0 Å². The molecule has 1 aromatic heterocycles. The predicted octanol–water partition coefficient (Wildman–Crippen LogP) is 0.998. The highest BCUT2D eigenvalue weighted by atomic mass is 32.2. The molecule has 0 spiro atoms. The van der Waals surface area contributed by atoms with Crippen LogP contribution in [-0.4, -0.2) is 30.5 Å². The van der Waals surface area contributed by atoms with E-state index in [1.807, 2.05) is 4.72 Å². The average Bonchev–Trinajstić information content (AvgIpc) is 2.24. The largest absolute Gasteiger partial charge is 0.480 e. The Morgan fingerprint density at radius 2 is 2.00 bits per heavy atom. The number of carboxylic acid groups (broad SMARTS) is 1. The molecule has 0 aliphatic rings. The lowest BCUT2D eigenvalue weighted by molar-refractivity contribution is -0.141. The molecule has 0 aromatic carbocycles. The molecule has 0 bridgehead atoms. The van der Waals surface area contributed by atoms with Gasteiger partial charge in [-0.2, -0.15) is 4.72 Å². The standard InChI is InChI=1S/C11H15FN2O4S/c1-11(2,3)9(10(15)16)14-19(17,18)8-4-7(12)5-13-6-8/h4-6,9,14H,1-3H3,(H,15,16). The maximum atomic E-state index is 13.0. The van der Waals surface area contributed by atoms with Crippen molar-refractivity contribution in [2.75, 3.05) is 0 Å². The number of nitrogens with zero attached hydrogens (tertiary/aromatic N) is 1. The molecule has 0 aliphatic carbocycles. The van der Waals surface area contributed by atoms with Crippen LogP contribution >= 0.6 is 0 Å². The molecular formula is C11H15FN2O4S. The first-order chi connectivity index (χ1) is 8.54. The summed E-state index contributed by atoms with van der Waals surface area (Å²) in [6, 6.07) is -0.558. The summed E-state index contributed by atoms with van der Waals surface area (Å²) in [4.78, 5) is 14.1. The summed E-state index contributed by atoms with van der Waals surface area (Å²) in [7, 11) is -4.14. The molecule has 0 aliphatic heterocycles. The van der Waals surface area contributed by atoms with E-state index in [9.17, 15) is 17.6 Å². The third kappa shape index (κ3) is 3.97. The normalized spacial score (nSPS) is 14.1. The zero-order valence-corrected chi connectivity index (χ0v) is 11.5. The van der Waals surface area contributed by atoms with Gasteiger partial charge in [0.1, 0.15) is 16.8 Å². The number of hydrogen-bond acceptors (Lipinski definition) is 4. The number of sulfonamides is 1. The topological polar surface area (TPSA) is 96.4 Å². The third-order valence-electron chi connectivity index (χ3n) is 2.38. The van der Waals surface area contributed by atoms with Crippen LogP contribution in [0.5, 0.6) is 0 Å². The van der Waals surface area contributed by atoms with Crippen LogP contribution in [-0.2, 0) is 14.8 Å². The third-order valence-corrected chi connectivity index (χ3v) is 3.77. The number of aliphatic carboxylic acids is 1. The Morgan fingerprint density at radius 1 is 1.42 bits per heavy atom. The van der Waals surface area contributed by atoms with Crippen molar-refractivity contribution in [2.24, 2.45) is 5.41 Å². The summed E-state index contributed by atoms with van der Waals surface area (Å²) in [6.07, 6.45) is 1.81. The molecule has 0 fully saturated rings. The summed E-state index contributed by atoms with van der Waals surface area (Å²) >= 11 is 0. The van der Waals surface area contributed by atoms with Crippen molar-refractivity contribution in [3.63, 3.8) is 0 Å². The Bertz CT molecular complexity index is 581. The first-order valence-electron chi connectivity index (χ1n) is 5.40. The summed E-state index contributed by atoms with van der Waals surface area (Å²) in [6.45, 7) is 4.74. The summed E-state index contributed by atoms with van der Waals surface area (Å²) in [5.74, 6) is -2.12. The van der Waals surface area contributed by atoms with Gasteiger partial charge in [-0.25, -0.2) is 12.8 Å². The van der Waals surface area contributed by atoms with Gasteiger partial charge in [-0.15, -0.1) is 0 Å². The van der Waals surface area contributed by atoms with Crippen molar-refractivity contribution < 1.29 is 22.7 Å². The van der Waals surface area contributed by atoms with E-state index in [2.05, 4.69) is 4.98 Å². The SMILES string of the molecule is CC(C)(C)C(NS(=O)(=O)c1cncc(F)c1)C(=O)O. The van der Waals surface area contributed by atoms with Crippen molar-refractivity contribution in [1.82, 2.24) is 9.71 Å². The fourth-order valence-corrected chi connectivity index (χ4v) is 2.73. The van der Waals surface area contributed by atoms with Crippen LogP contribution in [0.1, 0.15) is 20.8 Å². The maximum absolute atomic E-state index is 13.0. The molecule has 1 atom stereocenters. The molecule has 19 heavy (non-hydrogen) atoms. The lowest BCUT2D eigenvalue weighted by Crippen LogP contribution is -2.48. The Balaban J connectivity index is 3.12. The van der Waals surface area contributed by atoms with E-state index < -0.39 is 38.2 Å². The monoisotopic (exact) mass is 290 g/mol. The molecule has 0 saturated carbocycles. The highest BCUT2D eigenvalue weighted by molar-refractivity contribution is 7.89. The van der Waals surface area contributed by atoms with Crippen LogP contribution in [0.4, 0.5) is 4.39 Å². The molecule has 0 radical (unpaired) electrons. The molecule has 6 nitrogen and oxygen atoms in total. The summed E-state index contributed by atoms with van der Waals surface area (Å²) in [5, 5.41) is 9.06. The Hall–Kier alpha value is -1.54. The smallest absolute Gasteiger partial charge is 0.322 e. The molecule has 1 rings (SSSR count). The van der Waals surface area contributed by atoms with E-state index in [1.54, 1.807) is 20.8 Å². The molecular weight excluding hydrogens is 275 g/mol. The summed E-state index contributed by atoms with van der Waals surface area (Å²) < 4.78 is 38.9. The average molecular weight is 290 g/mol. The van der Waals surface area contributed by atoms with Gasteiger partial charge in [0.2, 0.25) is 10.0 Å². The van der Waals surface area contributed by atoms with E-state index in [4.69, 9.17) is 5.11 Å². The van der Waals surface area contributed by atoms with Gasteiger partial charge < -0.3 is 5.11 Å². The van der Waals surface area contributed by atoms with Gasteiger partial charge in [-0.05, 0) is 11.5 Å². The van der Waals surface area contributed by atoms with Gasteiger partial charge in [0, 0.05) is 6.20 Å². The lowest BCUT2D eigenvalue weighted by Gasteiger charge is -2.27. The number of hydrogen-bond donors (Lipinski definition) is 2. The molecule has 106 valence electrons. The minimum atomic E-state index is -4.14. The number of nitrogens with one attached hydrogen (secondary N) is 1. The number of pyridine rings is 1. The van der Waals surface area contributed by atoms with Crippen LogP contribution < -0.4 is 4.72 Å². The zero-order valence-electron chi connectivity index (χ0n) is 10.7. The van der Waals surface area contributed by atoms with E-state index >= 15 is 0 Å². The number of carboxylic acids is 1. The number of halogens is 1. The second-order valence-electron chi connectivity index (χ2n) is 5.10. The maximum Gasteiger partial charge on any atom is 0.322 e. The van der Waals surface area contributed by atoms with Gasteiger partial charge >= 0.3 is 5.97 Å². The molecule has 2 N–H and O–H groups in total. The number of aromatic nitrogens is 1. The fourth-order valence-electron chi connectivity index (χ4n) is 1.36.